The number of nitrogens with one attached hydrogen (secondary N) is 1. The monoisotopic (exact) mass is 638 g/mol. The van der Waals surface area contributed by atoms with Gasteiger partial charge in [-0.25, -0.2) is 8.42 Å². The van der Waals surface area contributed by atoms with E-state index < -0.39 is 39.4 Å². The molecule has 7 nitrogen and oxygen atoms in total. The quantitative estimate of drug-likeness (QED) is 0.210. The van der Waals surface area contributed by atoms with Crippen LogP contribution in [-0.2, 0) is 40.5 Å². The van der Waals surface area contributed by atoms with E-state index in [1.54, 1.807) is 0 Å². The van der Waals surface area contributed by atoms with E-state index in [0.717, 1.165) is 27.8 Å². The maximum atomic E-state index is 14.0. The lowest BCUT2D eigenvalue weighted by Gasteiger charge is -2.28. The lowest BCUT2D eigenvalue weighted by Crippen LogP contribution is -2.44. The van der Waals surface area contributed by atoms with Crippen molar-refractivity contribution >= 4 is 15.9 Å². The molecular weight excluding hydrogens is 596 g/mol. The third-order valence-corrected chi connectivity index (χ3v) is 11.8. The second-order valence-electron chi connectivity index (χ2n) is 12.7. The molecule has 3 N–H and O–H groups in total. The summed E-state index contributed by atoms with van der Waals surface area (Å²) in [6.07, 6.45) is 0.542. The molecule has 0 saturated carbocycles. The Morgan fingerprint density at radius 2 is 1.37 bits per heavy atom. The third-order valence-electron chi connectivity index (χ3n) is 9.46. The van der Waals surface area contributed by atoms with Crippen molar-refractivity contribution in [1.29, 1.82) is 0 Å². The van der Waals surface area contributed by atoms with Crippen molar-refractivity contribution in [2.75, 3.05) is 6.54 Å². The highest BCUT2D eigenvalue weighted by Crippen LogP contribution is 2.34. The molecule has 1 amide bonds. The van der Waals surface area contributed by atoms with Crippen molar-refractivity contribution in [3.05, 3.63) is 143 Å². The van der Waals surface area contributed by atoms with Crippen molar-refractivity contribution in [2.45, 2.75) is 68.1 Å². The second kappa shape index (κ2) is 14.3. The van der Waals surface area contributed by atoms with E-state index in [4.69, 9.17) is 0 Å². The summed E-state index contributed by atoms with van der Waals surface area (Å²) >= 11 is 0. The molecule has 6 rings (SSSR count). The van der Waals surface area contributed by atoms with E-state index in [0.29, 0.717) is 32.1 Å². The van der Waals surface area contributed by atoms with Gasteiger partial charge in [0, 0.05) is 24.9 Å². The first-order chi connectivity index (χ1) is 22.3. The molecule has 1 aliphatic carbocycles. The molecule has 1 fully saturated rings. The van der Waals surface area contributed by atoms with Gasteiger partial charge in [0.2, 0.25) is 15.9 Å². The maximum Gasteiger partial charge on any atom is 0.224 e. The summed E-state index contributed by atoms with van der Waals surface area (Å²) in [5.41, 5.74) is 4.86. The molecule has 4 aromatic rings. The number of carbonyl (C=O) groups is 1. The minimum Gasteiger partial charge on any atom is -0.392 e. The molecule has 8 heteroatoms. The summed E-state index contributed by atoms with van der Waals surface area (Å²) in [5, 5.41) is 24.8. The molecule has 1 saturated heterocycles. The Bertz CT molecular complexity index is 1700. The fourth-order valence-corrected chi connectivity index (χ4v) is 9.35. The zero-order valence-corrected chi connectivity index (χ0v) is 26.7. The van der Waals surface area contributed by atoms with Crippen LogP contribution in [0.3, 0.4) is 0 Å². The van der Waals surface area contributed by atoms with Gasteiger partial charge in [0.25, 0.3) is 0 Å². The molecule has 0 aromatic heterocycles. The largest absolute Gasteiger partial charge is 0.392 e. The molecule has 46 heavy (non-hydrogen) atoms. The normalized spacial score (nSPS) is 23.4. The standard InChI is InChI=1S/C38H42N2O5S/c41-33(23-31(20-27-12-4-1-5-13-27)38(43)39-37-35-19-11-10-18-30(35)24-36(37)42)26-40-32(21-28-14-6-2-7-15-28)25-34(46(40,44)45)22-29-16-8-3-9-17-29/h1-19,31-34,36-37,41-42H,20-26H2,(H,39,43)/t31-,32+,33+,34+,36-,37?/m1/s1. The summed E-state index contributed by atoms with van der Waals surface area (Å²) in [7, 11) is -3.72. The molecule has 1 unspecified atom stereocenters. The number of amides is 1. The first-order valence-corrected chi connectivity index (χ1v) is 17.6. The Hall–Kier alpha value is -3.82. The van der Waals surface area contributed by atoms with Gasteiger partial charge in [-0.1, -0.05) is 115 Å². The Balaban J connectivity index is 1.21. The molecule has 1 heterocycles. The molecule has 6 atom stereocenters. The maximum absolute atomic E-state index is 14.0. The van der Waals surface area contributed by atoms with E-state index >= 15 is 0 Å². The highest BCUT2D eigenvalue weighted by atomic mass is 32.2. The van der Waals surface area contributed by atoms with Crippen LogP contribution >= 0.6 is 0 Å². The van der Waals surface area contributed by atoms with Crippen molar-refractivity contribution in [2.24, 2.45) is 5.92 Å². The summed E-state index contributed by atoms with van der Waals surface area (Å²) in [6, 6.07) is 36.0. The van der Waals surface area contributed by atoms with Gasteiger partial charge < -0.3 is 15.5 Å². The molecular formula is C38H42N2O5S. The van der Waals surface area contributed by atoms with Crippen LogP contribution in [-0.4, -0.2) is 58.9 Å². The molecule has 1 aliphatic heterocycles. The molecule has 0 radical (unpaired) electrons. The van der Waals surface area contributed by atoms with Crippen LogP contribution in [0.15, 0.2) is 115 Å². The number of nitrogens with zero attached hydrogens (tertiary/aromatic N) is 1. The number of benzene rings is 4. The second-order valence-corrected chi connectivity index (χ2v) is 14.9. The van der Waals surface area contributed by atoms with E-state index in [1.165, 1.54) is 4.31 Å². The van der Waals surface area contributed by atoms with Crippen LogP contribution in [0.25, 0.3) is 0 Å². The van der Waals surface area contributed by atoms with Gasteiger partial charge in [-0.3, -0.25) is 4.79 Å². The smallest absolute Gasteiger partial charge is 0.224 e. The number of fused-ring (bicyclic) bond motifs is 1. The first kappa shape index (κ1) is 32.1. The number of aliphatic hydroxyl groups is 2. The lowest BCUT2D eigenvalue weighted by atomic mass is 9.91. The number of hydrogen-bond acceptors (Lipinski definition) is 5. The van der Waals surface area contributed by atoms with Crippen LogP contribution in [0, 0.1) is 5.92 Å². The van der Waals surface area contributed by atoms with E-state index in [2.05, 4.69) is 5.32 Å². The van der Waals surface area contributed by atoms with Crippen LogP contribution < -0.4 is 5.32 Å². The number of aliphatic hydroxyl groups excluding tert-OH is 2. The minimum atomic E-state index is -3.72. The summed E-state index contributed by atoms with van der Waals surface area (Å²) in [5.74, 6) is -0.897. The molecule has 0 bridgehead atoms. The number of rotatable bonds is 12. The Kier molecular flexibility index (Phi) is 9.99. The molecule has 0 spiro atoms. The van der Waals surface area contributed by atoms with Crippen LogP contribution in [0.1, 0.15) is 46.7 Å². The minimum absolute atomic E-state index is 0.0820. The lowest BCUT2D eigenvalue weighted by molar-refractivity contribution is -0.127. The van der Waals surface area contributed by atoms with E-state index in [9.17, 15) is 23.4 Å². The van der Waals surface area contributed by atoms with Crippen molar-refractivity contribution < 1.29 is 23.4 Å². The van der Waals surface area contributed by atoms with Gasteiger partial charge in [-0.05, 0) is 59.9 Å². The zero-order chi connectivity index (χ0) is 32.1. The van der Waals surface area contributed by atoms with Crippen molar-refractivity contribution in [1.82, 2.24) is 9.62 Å². The fraction of sp³-hybridized carbons (Fsp3) is 0.342. The van der Waals surface area contributed by atoms with Crippen molar-refractivity contribution in [3.8, 4) is 0 Å². The fourth-order valence-electron chi connectivity index (χ4n) is 7.14. The third kappa shape index (κ3) is 7.42. The number of sulfonamides is 1. The SMILES string of the molecule is O=C(NC1c2ccccc2C[C@H]1O)[C@H](Cc1ccccc1)C[C@H](O)CN1[C@@H](Cc2ccccc2)C[C@H](Cc2ccccc2)S1(=O)=O. The van der Waals surface area contributed by atoms with Crippen LogP contribution in [0.2, 0.25) is 0 Å². The molecule has 2 aliphatic rings. The van der Waals surface area contributed by atoms with Gasteiger partial charge in [-0.2, -0.15) is 4.31 Å². The molecule has 4 aromatic carbocycles. The van der Waals surface area contributed by atoms with Gasteiger partial charge in [0.05, 0.1) is 23.5 Å². The molecule has 240 valence electrons. The Morgan fingerprint density at radius 1 is 0.804 bits per heavy atom. The number of carbonyl (C=O) groups excluding carboxylic acids is 1. The van der Waals surface area contributed by atoms with E-state index in [1.807, 2.05) is 115 Å². The van der Waals surface area contributed by atoms with Crippen molar-refractivity contribution in [3.63, 3.8) is 0 Å². The van der Waals surface area contributed by atoms with Crippen LogP contribution in [0.4, 0.5) is 0 Å². The van der Waals surface area contributed by atoms with Gasteiger partial charge in [-0.15, -0.1) is 0 Å². The topological polar surface area (TPSA) is 107 Å². The van der Waals surface area contributed by atoms with E-state index in [-0.39, 0.29) is 24.9 Å². The van der Waals surface area contributed by atoms with Gasteiger partial charge in [0.1, 0.15) is 0 Å². The zero-order valence-electron chi connectivity index (χ0n) is 25.9. The predicted octanol–water partition coefficient (Wildman–Crippen LogP) is 4.63. The summed E-state index contributed by atoms with van der Waals surface area (Å²) < 4.78 is 29.6. The average Bonchev–Trinajstić information content (AvgIpc) is 3.49. The first-order valence-electron chi connectivity index (χ1n) is 16.1. The summed E-state index contributed by atoms with van der Waals surface area (Å²) in [4.78, 5) is 13.9. The summed E-state index contributed by atoms with van der Waals surface area (Å²) in [6.45, 7) is -0.0847. The number of hydrogen-bond donors (Lipinski definition) is 3. The predicted molar refractivity (Wildman–Crippen MR) is 179 cm³/mol. The highest BCUT2D eigenvalue weighted by Gasteiger charge is 2.46. The average molecular weight is 639 g/mol. The van der Waals surface area contributed by atoms with Gasteiger partial charge in [0.15, 0.2) is 0 Å². The Labute approximate surface area is 272 Å². The Morgan fingerprint density at radius 3 is 2.02 bits per heavy atom. The van der Waals surface area contributed by atoms with Crippen LogP contribution in [0.5, 0.6) is 0 Å². The highest BCUT2D eigenvalue weighted by molar-refractivity contribution is 7.90. The van der Waals surface area contributed by atoms with Gasteiger partial charge >= 0.3 is 0 Å². The number of β-amino-alcohol motifs (C(OH)–C–C–N with tert-alkyl or cyclic N) is 1.